The summed E-state index contributed by atoms with van der Waals surface area (Å²) in [5, 5.41) is 21.1. The Morgan fingerprint density at radius 2 is 2.14 bits per heavy atom. The molecule has 0 unspecified atom stereocenters. The van der Waals surface area contributed by atoms with Crippen molar-refractivity contribution >= 4 is 5.97 Å². The van der Waals surface area contributed by atoms with E-state index in [1.54, 1.807) is 32.2 Å². The molecule has 0 amide bonds. The number of methoxy groups -OCH3 is 1. The van der Waals surface area contributed by atoms with E-state index >= 15 is 0 Å². The van der Waals surface area contributed by atoms with E-state index in [9.17, 15) is 9.90 Å². The van der Waals surface area contributed by atoms with Gasteiger partial charge in [0.05, 0.1) is 12.7 Å². The number of hydrogen-bond acceptors (Lipinski definition) is 6. The Kier molecular flexibility index (Phi) is 4.15. The van der Waals surface area contributed by atoms with Crippen LogP contribution in [0.5, 0.6) is 5.88 Å². The fraction of sp³-hybridized carbons (Fsp3) is 0.462. The van der Waals surface area contributed by atoms with E-state index in [4.69, 9.17) is 4.74 Å². The zero-order valence-corrected chi connectivity index (χ0v) is 12.1. The smallest absolute Gasteiger partial charge is 0.331 e. The van der Waals surface area contributed by atoms with Crippen molar-refractivity contribution in [2.45, 2.75) is 32.2 Å². The van der Waals surface area contributed by atoms with Crippen LogP contribution >= 0.6 is 0 Å². The minimum absolute atomic E-state index is 0.325. The van der Waals surface area contributed by atoms with Crippen LogP contribution in [0.2, 0.25) is 0 Å². The van der Waals surface area contributed by atoms with E-state index < -0.39 is 11.5 Å². The number of aliphatic carboxylic acids is 1. The topological polar surface area (TPSA) is 103 Å². The monoisotopic (exact) mass is 291 g/mol. The zero-order chi connectivity index (χ0) is 15.5. The van der Waals surface area contributed by atoms with Crippen molar-refractivity contribution < 1.29 is 14.6 Å². The van der Waals surface area contributed by atoms with Crippen LogP contribution in [-0.2, 0) is 10.3 Å². The molecule has 2 aromatic heterocycles. The number of carboxylic acid groups (broad SMARTS) is 1. The summed E-state index contributed by atoms with van der Waals surface area (Å²) in [6, 6.07) is 3.46. The number of carboxylic acids is 1. The molecular formula is C13H17N5O3. The highest BCUT2D eigenvalue weighted by molar-refractivity contribution is 5.77. The minimum atomic E-state index is -1.19. The Balaban J connectivity index is 2.65. The molecule has 0 spiro atoms. The van der Waals surface area contributed by atoms with E-state index in [0.717, 1.165) is 0 Å². The van der Waals surface area contributed by atoms with Gasteiger partial charge in [-0.3, -0.25) is 0 Å². The van der Waals surface area contributed by atoms with E-state index in [0.29, 0.717) is 30.1 Å². The number of aromatic nitrogens is 5. The highest BCUT2D eigenvalue weighted by atomic mass is 16.5. The van der Waals surface area contributed by atoms with Gasteiger partial charge in [-0.05, 0) is 35.4 Å². The highest BCUT2D eigenvalue weighted by Gasteiger charge is 2.41. The molecule has 0 atom stereocenters. The molecule has 0 saturated carbocycles. The predicted octanol–water partition coefficient (Wildman–Crippen LogP) is 1.34. The van der Waals surface area contributed by atoms with E-state index in [2.05, 4.69) is 20.5 Å². The first kappa shape index (κ1) is 14.9. The summed E-state index contributed by atoms with van der Waals surface area (Å²) < 4.78 is 6.54. The third-order valence-corrected chi connectivity index (χ3v) is 3.65. The number of carbonyl (C=O) groups is 1. The molecule has 21 heavy (non-hydrogen) atoms. The van der Waals surface area contributed by atoms with Crippen LogP contribution in [0.25, 0.3) is 11.4 Å². The molecule has 0 aromatic carbocycles. The lowest BCUT2D eigenvalue weighted by Crippen LogP contribution is -2.42. The lowest BCUT2D eigenvalue weighted by Gasteiger charge is -2.27. The van der Waals surface area contributed by atoms with Crippen LogP contribution in [0.4, 0.5) is 0 Å². The van der Waals surface area contributed by atoms with E-state index in [1.807, 2.05) is 0 Å². The van der Waals surface area contributed by atoms with Gasteiger partial charge in [0.2, 0.25) is 5.88 Å². The zero-order valence-electron chi connectivity index (χ0n) is 12.1. The van der Waals surface area contributed by atoms with Crippen LogP contribution < -0.4 is 4.74 Å². The summed E-state index contributed by atoms with van der Waals surface area (Å²) in [5.74, 6) is -0.296. The second-order valence-electron chi connectivity index (χ2n) is 4.52. The molecule has 0 saturated heterocycles. The average Bonchev–Trinajstić information content (AvgIpc) is 2.98. The molecular weight excluding hydrogens is 274 g/mol. The van der Waals surface area contributed by atoms with Crippen molar-refractivity contribution in [3.05, 3.63) is 18.3 Å². The molecule has 2 heterocycles. The van der Waals surface area contributed by atoms with Crippen molar-refractivity contribution in [2.75, 3.05) is 7.11 Å². The van der Waals surface area contributed by atoms with Crippen molar-refractivity contribution in [1.82, 2.24) is 25.2 Å². The lowest BCUT2D eigenvalue weighted by atomic mass is 9.93. The molecule has 0 radical (unpaired) electrons. The molecule has 2 aromatic rings. The highest BCUT2D eigenvalue weighted by Crippen LogP contribution is 2.32. The van der Waals surface area contributed by atoms with Gasteiger partial charge in [0.25, 0.3) is 0 Å². The maximum absolute atomic E-state index is 11.8. The third kappa shape index (κ3) is 2.32. The maximum atomic E-state index is 11.8. The van der Waals surface area contributed by atoms with Crippen molar-refractivity contribution in [1.29, 1.82) is 0 Å². The molecule has 2 rings (SSSR count). The van der Waals surface area contributed by atoms with Gasteiger partial charge >= 0.3 is 5.97 Å². The summed E-state index contributed by atoms with van der Waals surface area (Å²) >= 11 is 0. The normalized spacial score (nSPS) is 11.4. The van der Waals surface area contributed by atoms with Crippen LogP contribution in [-0.4, -0.2) is 43.4 Å². The fourth-order valence-corrected chi connectivity index (χ4v) is 2.31. The molecule has 0 bridgehead atoms. The summed E-state index contributed by atoms with van der Waals surface area (Å²) in [6.07, 6.45) is 2.31. The maximum Gasteiger partial charge on any atom is 0.331 e. The second-order valence-corrected chi connectivity index (χ2v) is 4.52. The standard InChI is InChI=1S/C13H17N5O3/c1-4-13(5-2,12(19)20)18-10(15-16-17-18)9-7-6-8-14-11(9)21-3/h6-8H,4-5H2,1-3H3,(H,19,20). The number of ether oxygens (including phenoxy) is 1. The van der Waals surface area contributed by atoms with Gasteiger partial charge in [-0.1, -0.05) is 13.8 Å². The lowest BCUT2D eigenvalue weighted by molar-refractivity contribution is -0.148. The van der Waals surface area contributed by atoms with Gasteiger partial charge in [-0.15, -0.1) is 5.10 Å². The van der Waals surface area contributed by atoms with Gasteiger partial charge < -0.3 is 9.84 Å². The Hall–Kier alpha value is -2.51. The quantitative estimate of drug-likeness (QED) is 0.856. The molecule has 0 aliphatic heterocycles. The SMILES string of the molecule is CCC(CC)(C(=O)O)n1nnnc1-c1cccnc1OC. The molecule has 1 N–H and O–H groups in total. The van der Waals surface area contributed by atoms with E-state index in [-0.39, 0.29) is 0 Å². The van der Waals surface area contributed by atoms with Crippen LogP contribution in [0.3, 0.4) is 0 Å². The predicted molar refractivity (Wildman–Crippen MR) is 73.8 cm³/mol. The number of nitrogens with zero attached hydrogens (tertiary/aromatic N) is 5. The van der Waals surface area contributed by atoms with Gasteiger partial charge in [0.15, 0.2) is 11.4 Å². The van der Waals surface area contributed by atoms with Gasteiger partial charge in [-0.2, -0.15) is 0 Å². The van der Waals surface area contributed by atoms with Crippen LogP contribution in [0.1, 0.15) is 26.7 Å². The summed E-state index contributed by atoms with van der Waals surface area (Å²) in [4.78, 5) is 15.9. The first-order chi connectivity index (χ1) is 10.1. The van der Waals surface area contributed by atoms with Crippen molar-refractivity contribution in [3.8, 4) is 17.3 Å². The molecule has 0 fully saturated rings. The Morgan fingerprint density at radius 1 is 1.43 bits per heavy atom. The largest absolute Gasteiger partial charge is 0.480 e. The first-order valence-electron chi connectivity index (χ1n) is 6.62. The summed E-state index contributed by atoms with van der Waals surface area (Å²) in [7, 11) is 1.49. The van der Waals surface area contributed by atoms with Crippen molar-refractivity contribution in [3.63, 3.8) is 0 Å². The fourth-order valence-electron chi connectivity index (χ4n) is 2.31. The van der Waals surface area contributed by atoms with E-state index in [1.165, 1.54) is 11.8 Å². The number of pyridine rings is 1. The number of tetrazole rings is 1. The molecule has 8 heteroatoms. The van der Waals surface area contributed by atoms with Gasteiger partial charge in [0, 0.05) is 6.20 Å². The third-order valence-electron chi connectivity index (χ3n) is 3.65. The minimum Gasteiger partial charge on any atom is -0.480 e. The van der Waals surface area contributed by atoms with Gasteiger partial charge in [0.1, 0.15) is 0 Å². The Labute approximate surface area is 121 Å². The van der Waals surface area contributed by atoms with Gasteiger partial charge in [-0.25, -0.2) is 14.5 Å². The second kappa shape index (κ2) is 5.86. The molecule has 112 valence electrons. The van der Waals surface area contributed by atoms with Crippen LogP contribution in [0.15, 0.2) is 18.3 Å². The molecule has 0 aliphatic rings. The summed E-state index contributed by atoms with van der Waals surface area (Å²) in [6.45, 7) is 3.59. The number of rotatable bonds is 6. The Morgan fingerprint density at radius 3 is 2.71 bits per heavy atom. The summed E-state index contributed by atoms with van der Waals surface area (Å²) in [5.41, 5.74) is -0.641. The van der Waals surface area contributed by atoms with Crippen molar-refractivity contribution in [2.24, 2.45) is 0 Å². The molecule has 8 nitrogen and oxygen atoms in total. The first-order valence-corrected chi connectivity index (χ1v) is 6.62. The molecule has 0 aliphatic carbocycles. The average molecular weight is 291 g/mol. The van der Waals surface area contributed by atoms with Crippen LogP contribution in [0, 0.1) is 0 Å². The number of hydrogen-bond donors (Lipinski definition) is 1. The Bertz CT molecular complexity index is 636.